The molecule has 0 fully saturated rings. The van der Waals surface area contributed by atoms with E-state index in [1.165, 1.54) is 11.3 Å². The van der Waals surface area contributed by atoms with Crippen LogP contribution in [0.3, 0.4) is 0 Å². The van der Waals surface area contributed by atoms with Gasteiger partial charge in [-0.05, 0) is 34.1 Å². The number of nitrogens with zero attached hydrogens (tertiary/aromatic N) is 1. The lowest BCUT2D eigenvalue weighted by molar-refractivity contribution is -0.138. The molecular formula is C11H9Br2N3O2S. The number of benzene rings is 1. The Morgan fingerprint density at radius 3 is 2.84 bits per heavy atom. The van der Waals surface area contributed by atoms with E-state index < -0.39 is 12.0 Å². The summed E-state index contributed by atoms with van der Waals surface area (Å²) in [5, 5.41) is 14.1. The lowest BCUT2D eigenvalue weighted by atomic mass is 10.2. The number of hydrogen-bond donors (Lipinski definition) is 3. The summed E-state index contributed by atoms with van der Waals surface area (Å²) < 4.78 is 1.83. The Balaban J connectivity index is 2.18. The first-order valence-electron chi connectivity index (χ1n) is 5.13. The third-order valence-corrected chi connectivity index (χ3v) is 4.20. The van der Waals surface area contributed by atoms with Crippen molar-refractivity contribution in [2.45, 2.75) is 6.04 Å². The molecule has 100 valence electrons. The van der Waals surface area contributed by atoms with E-state index in [-0.39, 0.29) is 0 Å². The van der Waals surface area contributed by atoms with Crippen LogP contribution in [0.4, 0.5) is 10.8 Å². The molecule has 1 aromatic heterocycles. The van der Waals surface area contributed by atoms with Gasteiger partial charge in [-0.2, -0.15) is 0 Å². The number of rotatable bonds is 4. The second-order valence-electron chi connectivity index (χ2n) is 3.64. The molecule has 4 N–H and O–H groups in total. The van der Waals surface area contributed by atoms with Gasteiger partial charge in [0.15, 0.2) is 5.13 Å². The predicted octanol–water partition coefficient (Wildman–Crippen LogP) is 3.50. The Bertz CT molecular complexity index is 618. The largest absolute Gasteiger partial charge is 0.480 e. The van der Waals surface area contributed by atoms with E-state index in [0.717, 1.165) is 14.6 Å². The number of anilines is 2. The summed E-state index contributed by atoms with van der Waals surface area (Å²) in [5.41, 5.74) is 6.68. The Morgan fingerprint density at radius 1 is 1.47 bits per heavy atom. The van der Waals surface area contributed by atoms with Gasteiger partial charge < -0.3 is 16.2 Å². The highest BCUT2D eigenvalue weighted by Crippen LogP contribution is 2.30. The first-order valence-corrected chi connectivity index (χ1v) is 7.60. The highest BCUT2D eigenvalue weighted by atomic mass is 79.9. The van der Waals surface area contributed by atoms with Gasteiger partial charge in [0, 0.05) is 14.3 Å². The Hall–Kier alpha value is -0.960. The van der Waals surface area contributed by atoms with E-state index >= 15 is 0 Å². The average Bonchev–Trinajstić information content (AvgIpc) is 2.80. The third kappa shape index (κ3) is 3.53. The van der Waals surface area contributed by atoms with Crippen molar-refractivity contribution in [3.05, 3.63) is 38.2 Å². The smallest absolute Gasteiger partial charge is 0.326 e. The minimum atomic E-state index is -1.10. The van der Waals surface area contributed by atoms with Crippen LogP contribution in [0, 0.1) is 0 Å². The predicted molar refractivity (Wildman–Crippen MR) is 81.8 cm³/mol. The van der Waals surface area contributed by atoms with Crippen molar-refractivity contribution in [2.24, 2.45) is 5.73 Å². The summed E-state index contributed by atoms with van der Waals surface area (Å²) in [5.74, 6) is -1.10. The molecule has 0 aliphatic carbocycles. The van der Waals surface area contributed by atoms with Crippen LogP contribution in [0.1, 0.15) is 11.7 Å². The van der Waals surface area contributed by atoms with Gasteiger partial charge in [0.05, 0.1) is 11.4 Å². The highest BCUT2D eigenvalue weighted by molar-refractivity contribution is 9.11. The molecule has 0 aliphatic rings. The molecule has 5 nitrogen and oxygen atoms in total. The molecule has 1 aromatic carbocycles. The van der Waals surface area contributed by atoms with Crippen LogP contribution in [0.15, 0.2) is 32.5 Å². The Labute approximate surface area is 130 Å². The minimum Gasteiger partial charge on any atom is -0.480 e. The number of aromatic nitrogens is 1. The van der Waals surface area contributed by atoms with Crippen LogP contribution in [0.5, 0.6) is 0 Å². The summed E-state index contributed by atoms with van der Waals surface area (Å²) >= 11 is 8.10. The maximum Gasteiger partial charge on any atom is 0.326 e. The number of nitrogens with one attached hydrogen (secondary N) is 1. The van der Waals surface area contributed by atoms with Gasteiger partial charge in [0.1, 0.15) is 6.04 Å². The maximum absolute atomic E-state index is 10.8. The summed E-state index contributed by atoms with van der Waals surface area (Å²) in [6, 6.07) is 4.58. The van der Waals surface area contributed by atoms with Crippen molar-refractivity contribution >= 4 is 60.0 Å². The normalized spacial score (nSPS) is 12.2. The summed E-state index contributed by atoms with van der Waals surface area (Å²) in [7, 11) is 0. The zero-order valence-corrected chi connectivity index (χ0v) is 13.4. The molecular weight excluding hydrogens is 398 g/mol. The van der Waals surface area contributed by atoms with Crippen LogP contribution in [0.2, 0.25) is 0 Å². The molecule has 0 radical (unpaired) electrons. The molecule has 0 amide bonds. The zero-order chi connectivity index (χ0) is 14.0. The van der Waals surface area contributed by atoms with Crippen molar-refractivity contribution in [1.82, 2.24) is 4.98 Å². The number of carboxylic acids is 1. The number of hydrogen-bond acceptors (Lipinski definition) is 5. The van der Waals surface area contributed by atoms with Gasteiger partial charge in [-0.15, -0.1) is 11.3 Å². The van der Waals surface area contributed by atoms with Crippen LogP contribution in [-0.2, 0) is 4.79 Å². The number of carbonyl (C=O) groups is 1. The summed E-state index contributed by atoms with van der Waals surface area (Å²) in [6.45, 7) is 0. The summed E-state index contributed by atoms with van der Waals surface area (Å²) in [4.78, 5) is 14.9. The number of carboxylic acid groups (broad SMARTS) is 1. The standard InChI is InChI=1S/C11H9Br2N3O2S/c12-5-1-2-7(6(13)3-5)15-11-16-8(4-19-11)9(14)10(17)18/h1-4,9H,14H2,(H,15,16)(H,17,18). The SMILES string of the molecule is NC(C(=O)O)c1csc(Nc2ccc(Br)cc2Br)n1. The molecule has 1 unspecified atom stereocenters. The first-order chi connectivity index (χ1) is 8.97. The lowest BCUT2D eigenvalue weighted by Crippen LogP contribution is -2.20. The number of thiazole rings is 1. The van der Waals surface area contributed by atoms with Crippen molar-refractivity contribution < 1.29 is 9.90 Å². The molecule has 8 heteroatoms. The van der Waals surface area contributed by atoms with Gasteiger partial charge in [-0.1, -0.05) is 15.9 Å². The van der Waals surface area contributed by atoms with Crippen molar-refractivity contribution in [3.63, 3.8) is 0 Å². The molecule has 0 spiro atoms. The number of nitrogens with two attached hydrogens (primary N) is 1. The fourth-order valence-electron chi connectivity index (χ4n) is 1.32. The van der Waals surface area contributed by atoms with Gasteiger partial charge >= 0.3 is 5.97 Å². The quantitative estimate of drug-likeness (QED) is 0.723. The lowest BCUT2D eigenvalue weighted by Gasteiger charge is -2.06. The van der Waals surface area contributed by atoms with E-state index in [1.54, 1.807) is 5.38 Å². The molecule has 2 rings (SSSR count). The molecule has 1 atom stereocenters. The Morgan fingerprint density at radius 2 is 2.21 bits per heavy atom. The second-order valence-corrected chi connectivity index (χ2v) is 6.27. The highest BCUT2D eigenvalue weighted by Gasteiger charge is 2.17. The van der Waals surface area contributed by atoms with Gasteiger partial charge in [-0.25, -0.2) is 4.98 Å². The topological polar surface area (TPSA) is 88.2 Å². The third-order valence-electron chi connectivity index (χ3n) is 2.28. The maximum atomic E-state index is 10.8. The van der Waals surface area contributed by atoms with Gasteiger partial charge in [0.25, 0.3) is 0 Å². The molecule has 2 aromatic rings. The first kappa shape index (κ1) is 14.4. The fourth-order valence-corrected chi connectivity index (χ4v) is 3.22. The van der Waals surface area contributed by atoms with E-state index in [1.807, 2.05) is 18.2 Å². The van der Waals surface area contributed by atoms with Crippen molar-refractivity contribution in [3.8, 4) is 0 Å². The number of aliphatic carboxylic acids is 1. The average molecular weight is 407 g/mol. The minimum absolute atomic E-state index is 0.341. The molecule has 0 saturated heterocycles. The van der Waals surface area contributed by atoms with Gasteiger partial charge in [0.2, 0.25) is 0 Å². The second kappa shape index (κ2) is 6.00. The van der Waals surface area contributed by atoms with Crippen molar-refractivity contribution in [1.29, 1.82) is 0 Å². The van der Waals surface area contributed by atoms with Crippen LogP contribution < -0.4 is 11.1 Å². The number of halogens is 2. The van der Waals surface area contributed by atoms with Crippen LogP contribution in [0.25, 0.3) is 0 Å². The van der Waals surface area contributed by atoms with E-state index in [0.29, 0.717) is 10.8 Å². The molecule has 19 heavy (non-hydrogen) atoms. The van der Waals surface area contributed by atoms with E-state index in [4.69, 9.17) is 10.8 Å². The molecule has 0 bridgehead atoms. The molecule has 0 aliphatic heterocycles. The molecule has 1 heterocycles. The zero-order valence-electron chi connectivity index (χ0n) is 9.43. The fraction of sp³-hybridized carbons (Fsp3) is 0.0909. The van der Waals surface area contributed by atoms with Crippen LogP contribution >= 0.6 is 43.2 Å². The molecule has 0 saturated carbocycles. The van der Waals surface area contributed by atoms with Crippen molar-refractivity contribution in [2.75, 3.05) is 5.32 Å². The Kier molecular flexibility index (Phi) is 4.56. The van der Waals surface area contributed by atoms with E-state index in [9.17, 15) is 4.79 Å². The summed E-state index contributed by atoms with van der Waals surface area (Å²) in [6.07, 6.45) is 0. The monoisotopic (exact) mass is 405 g/mol. The van der Waals surface area contributed by atoms with E-state index in [2.05, 4.69) is 42.2 Å². The van der Waals surface area contributed by atoms with Crippen LogP contribution in [-0.4, -0.2) is 16.1 Å². The van der Waals surface area contributed by atoms with Gasteiger partial charge in [-0.3, -0.25) is 4.79 Å².